The average Bonchev–Trinajstić information content (AvgIpc) is 2.86. The second-order valence-electron chi connectivity index (χ2n) is 7.28. The van der Waals surface area contributed by atoms with Crippen molar-refractivity contribution in [2.24, 2.45) is 0 Å². The fourth-order valence-electron chi connectivity index (χ4n) is 2.87. The molecule has 0 aliphatic carbocycles. The topological polar surface area (TPSA) is 78.9 Å². The summed E-state index contributed by atoms with van der Waals surface area (Å²) in [4.78, 5) is 25.5. The molecule has 0 spiro atoms. The van der Waals surface area contributed by atoms with Gasteiger partial charge in [0.2, 0.25) is 0 Å². The first-order valence-electron chi connectivity index (χ1n) is 8.18. The number of hydrogen-bond acceptors (Lipinski definition) is 4. The number of nitrogens with zero attached hydrogens (tertiary/aromatic N) is 1. The van der Waals surface area contributed by atoms with Gasteiger partial charge in [0.1, 0.15) is 11.6 Å². The maximum Gasteiger partial charge on any atom is 0.407 e. The van der Waals surface area contributed by atoms with E-state index in [0.29, 0.717) is 19.5 Å². The number of carbonyl (C=O) groups excluding carboxylic acids is 1. The minimum absolute atomic E-state index is 0.104. The highest BCUT2D eigenvalue weighted by Gasteiger charge is 2.34. The molecule has 1 saturated heterocycles. The van der Waals surface area contributed by atoms with E-state index in [1.807, 2.05) is 56.9 Å². The largest absolute Gasteiger partial charge is 0.480 e. The molecule has 0 radical (unpaired) electrons. The van der Waals surface area contributed by atoms with E-state index < -0.39 is 23.7 Å². The number of hydrogen-bond donors (Lipinski definition) is 2. The Morgan fingerprint density at radius 3 is 2.46 bits per heavy atom. The molecule has 1 amide bonds. The Bertz CT molecular complexity index is 592. The zero-order valence-corrected chi connectivity index (χ0v) is 14.7. The van der Waals surface area contributed by atoms with Crippen LogP contribution in [0.4, 0.5) is 4.79 Å². The Balaban J connectivity index is 2.00. The van der Waals surface area contributed by atoms with Crippen LogP contribution >= 0.6 is 0 Å². The molecular formula is C18H26N2O4. The van der Waals surface area contributed by atoms with Gasteiger partial charge in [0.25, 0.3) is 0 Å². The Kier molecular flexibility index (Phi) is 5.49. The van der Waals surface area contributed by atoms with Crippen molar-refractivity contribution in [3.05, 3.63) is 35.4 Å². The van der Waals surface area contributed by atoms with Crippen LogP contribution in [0.5, 0.6) is 0 Å². The lowest BCUT2D eigenvalue weighted by Gasteiger charge is -2.25. The summed E-state index contributed by atoms with van der Waals surface area (Å²) in [5, 5.41) is 12.4. The first kappa shape index (κ1) is 18.3. The number of benzene rings is 1. The van der Waals surface area contributed by atoms with Crippen LogP contribution in [0.3, 0.4) is 0 Å². The van der Waals surface area contributed by atoms with E-state index in [9.17, 15) is 14.7 Å². The van der Waals surface area contributed by atoms with Crippen molar-refractivity contribution in [3.8, 4) is 0 Å². The second kappa shape index (κ2) is 7.21. The van der Waals surface area contributed by atoms with Gasteiger partial charge in [-0.15, -0.1) is 0 Å². The quantitative estimate of drug-likeness (QED) is 0.885. The van der Waals surface area contributed by atoms with Crippen LogP contribution in [0.25, 0.3) is 0 Å². The number of amides is 1. The van der Waals surface area contributed by atoms with E-state index in [-0.39, 0.29) is 6.04 Å². The molecule has 1 aliphatic rings. The normalized spacial score (nSPS) is 19.8. The van der Waals surface area contributed by atoms with Crippen molar-refractivity contribution < 1.29 is 19.4 Å². The minimum atomic E-state index is -0.878. The fourth-order valence-corrected chi connectivity index (χ4v) is 2.87. The Labute approximate surface area is 142 Å². The molecule has 24 heavy (non-hydrogen) atoms. The van der Waals surface area contributed by atoms with Gasteiger partial charge in [-0.05, 0) is 39.7 Å². The third kappa shape index (κ3) is 4.96. The van der Waals surface area contributed by atoms with Crippen molar-refractivity contribution in [3.63, 3.8) is 0 Å². The van der Waals surface area contributed by atoms with E-state index >= 15 is 0 Å². The zero-order chi connectivity index (χ0) is 17.9. The van der Waals surface area contributed by atoms with Crippen LogP contribution in [0, 0.1) is 6.92 Å². The van der Waals surface area contributed by atoms with Crippen LogP contribution in [0.2, 0.25) is 0 Å². The molecule has 2 atom stereocenters. The number of alkyl carbamates (subject to hydrolysis) is 1. The molecule has 1 aromatic rings. The standard InChI is InChI=1S/C18H26N2O4/c1-12-5-7-13(8-6-12)15(16(21)22)20-10-9-14(11-20)19-17(23)24-18(2,3)4/h5-8,14-15H,9-11H2,1-4H3,(H,19,23)(H,21,22)/t14-,15+/m0/s1. The first-order valence-corrected chi connectivity index (χ1v) is 8.18. The van der Waals surface area contributed by atoms with Gasteiger partial charge in [0.05, 0.1) is 0 Å². The summed E-state index contributed by atoms with van der Waals surface area (Å²) in [5.74, 6) is -0.878. The number of aliphatic carboxylic acids is 1. The molecule has 1 aliphatic heterocycles. The number of nitrogens with one attached hydrogen (secondary N) is 1. The van der Waals surface area contributed by atoms with Crippen molar-refractivity contribution >= 4 is 12.1 Å². The summed E-state index contributed by atoms with van der Waals surface area (Å²) < 4.78 is 5.26. The van der Waals surface area contributed by atoms with Gasteiger partial charge in [0, 0.05) is 19.1 Å². The number of carboxylic acids is 1. The predicted octanol–water partition coefficient (Wildman–Crippen LogP) is 2.72. The molecule has 1 aromatic carbocycles. The molecule has 2 rings (SSSR count). The lowest BCUT2D eigenvalue weighted by Crippen LogP contribution is -2.41. The summed E-state index contributed by atoms with van der Waals surface area (Å²) in [6.45, 7) is 8.51. The van der Waals surface area contributed by atoms with E-state index in [0.717, 1.165) is 11.1 Å². The molecule has 6 heteroatoms. The number of likely N-dealkylation sites (tertiary alicyclic amines) is 1. The summed E-state index contributed by atoms with van der Waals surface area (Å²) in [6.07, 6.45) is 0.242. The summed E-state index contributed by atoms with van der Waals surface area (Å²) in [6, 6.07) is 6.73. The number of aryl methyl sites for hydroxylation is 1. The maximum atomic E-state index is 11.9. The van der Waals surface area contributed by atoms with Crippen molar-refractivity contribution in [1.29, 1.82) is 0 Å². The van der Waals surface area contributed by atoms with Crippen molar-refractivity contribution in [1.82, 2.24) is 10.2 Å². The Morgan fingerprint density at radius 2 is 1.92 bits per heavy atom. The summed E-state index contributed by atoms with van der Waals surface area (Å²) in [5.41, 5.74) is 1.30. The van der Waals surface area contributed by atoms with Crippen LogP contribution in [0.1, 0.15) is 44.4 Å². The highest BCUT2D eigenvalue weighted by atomic mass is 16.6. The smallest absolute Gasteiger partial charge is 0.407 e. The van der Waals surface area contributed by atoms with Gasteiger partial charge in [0.15, 0.2) is 0 Å². The molecule has 1 heterocycles. The summed E-state index contributed by atoms with van der Waals surface area (Å²) in [7, 11) is 0. The lowest BCUT2D eigenvalue weighted by atomic mass is 10.0. The molecule has 1 fully saturated rings. The Hall–Kier alpha value is -2.08. The minimum Gasteiger partial charge on any atom is -0.480 e. The summed E-state index contributed by atoms with van der Waals surface area (Å²) >= 11 is 0. The van der Waals surface area contributed by atoms with Crippen LogP contribution in [-0.4, -0.2) is 46.8 Å². The lowest BCUT2D eigenvalue weighted by molar-refractivity contribution is -0.143. The van der Waals surface area contributed by atoms with Gasteiger partial charge < -0.3 is 15.2 Å². The third-order valence-electron chi connectivity index (χ3n) is 3.93. The monoisotopic (exact) mass is 334 g/mol. The molecule has 2 N–H and O–H groups in total. The second-order valence-corrected chi connectivity index (χ2v) is 7.28. The van der Waals surface area contributed by atoms with Gasteiger partial charge in [-0.25, -0.2) is 4.79 Å². The Morgan fingerprint density at radius 1 is 1.29 bits per heavy atom. The molecule has 6 nitrogen and oxygen atoms in total. The number of carboxylic acid groups (broad SMARTS) is 1. The molecule has 0 bridgehead atoms. The zero-order valence-electron chi connectivity index (χ0n) is 14.7. The average molecular weight is 334 g/mol. The van der Waals surface area contributed by atoms with Crippen LogP contribution in [-0.2, 0) is 9.53 Å². The van der Waals surface area contributed by atoms with Crippen molar-refractivity contribution in [2.45, 2.75) is 51.8 Å². The predicted molar refractivity (Wildman–Crippen MR) is 90.9 cm³/mol. The van der Waals surface area contributed by atoms with Gasteiger partial charge in [-0.2, -0.15) is 0 Å². The highest BCUT2D eigenvalue weighted by Crippen LogP contribution is 2.26. The van der Waals surface area contributed by atoms with Gasteiger partial charge in [-0.1, -0.05) is 29.8 Å². The molecule has 0 unspecified atom stereocenters. The maximum absolute atomic E-state index is 11.9. The van der Waals surface area contributed by atoms with Gasteiger partial charge in [-0.3, -0.25) is 9.69 Å². The van der Waals surface area contributed by atoms with E-state index in [2.05, 4.69) is 5.32 Å². The molecular weight excluding hydrogens is 308 g/mol. The third-order valence-corrected chi connectivity index (χ3v) is 3.93. The van der Waals surface area contributed by atoms with Crippen LogP contribution < -0.4 is 5.32 Å². The number of rotatable bonds is 4. The molecule has 0 aromatic heterocycles. The highest BCUT2D eigenvalue weighted by molar-refractivity contribution is 5.75. The van der Waals surface area contributed by atoms with Crippen molar-refractivity contribution in [2.75, 3.05) is 13.1 Å². The molecule has 0 saturated carbocycles. The SMILES string of the molecule is Cc1ccc([C@H](C(=O)O)N2CC[C@H](NC(=O)OC(C)(C)C)C2)cc1. The number of carbonyl (C=O) groups is 2. The fraction of sp³-hybridized carbons (Fsp3) is 0.556. The van der Waals surface area contributed by atoms with E-state index in [4.69, 9.17) is 4.74 Å². The first-order chi connectivity index (χ1) is 11.2. The molecule has 132 valence electrons. The number of ether oxygens (including phenoxy) is 1. The van der Waals surface area contributed by atoms with Crippen LogP contribution in [0.15, 0.2) is 24.3 Å². The van der Waals surface area contributed by atoms with E-state index in [1.165, 1.54) is 0 Å². The van der Waals surface area contributed by atoms with E-state index in [1.54, 1.807) is 0 Å². The van der Waals surface area contributed by atoms with Gasteiger partial charge >= 0.3 is 12.1 Å².